The highest BCUT2D eigenvalue weighted by atomic mass is 32.2. The van der Waals surface area contributed by atoms with E-state index in [2.05, 4.69) is 48.0 Å². The molecule has 1 aliphatic carbocycles. The predicted molar refractivity (Wildman–Crippen MR) is 124 cm³/mol. The molecule has 1 aromatic rings. The van der Waals surface area contributed by atoms with Crippen molar-refractivity contribution in [1.82, 2.24) is 16.0 Å². The van der Waals surface area contributed by atoms with Gasteiger partial charge in [-0.1, -0.05) is 18.9 Å². The summed E-state index contributed by atoms with van der Waals surface area (Å²) in [4.78, 5) is 38.5. The molecule has 3 amide bonds. The van der Waals surface area contributed by atoms with Crippen LogP contribution in [0.1, 0.15) is 56.6 Å². The largest absolute Gasteiger partial charge is 0.355 e. The van der Waals surface area contributed by atoms with Crippen molar-refractivity contribution in [1.29, 1.82) is 0 Å². The standard InChI is InChI=1S/C24H35N3O3S/c1-16-8-9-19(14-17(16)2)31-13-10-21(28)27-20(18-6-4-5-7-18)15-26-23(30)24(3)11-12-25-22(24)29/h8-9,14,18,20H,4-7,10-13,15H2,1-3H3,(H,25,29)(H,26,30)(H,27,28). The fourth-order valence-corrected chi connectivity index (χ4v) is 5.34. The number of amides is 3. The summed E-state index contributed by atoms with van der Waals surface area (Å²) >= 11 is 1.69. The first-order valence-electron chi connectivity index (χ1n) is 11.4. The Morgan fingerprint density at radius 2 is 1.97 bits per heavy atom. The summed E-state index contributed by atoms with van der Waals surface area (Å²) in [5, 5.41) is 8.86. The third-order valence-electron chi connectivity index (χ3n) is 6.79. The van der Waals surface area contributed by atoms with Gasteiger partial charge in [-0.3, -0.25) is 14.4 Å². The molecule has 2 atom stereocenters. The van der Waals surface area contributed by atoms with Crippen LogP contribution in [0, 0.1) is 25.2 Å². The molecule has 2 aliphatic rings. The van der Waals surface area contributed by atoms with E-state index in [1.165, 1.54) is 16.0 Å². The Bertz CT molecular complexity index is 822. The summed E-state index contributed by atoms with van der Waals surface area (Å²) in [7, 11) is 0. The van der Waals surface area contributed by atoms with Gasteiger partial charge in [0.25, 0.3) is 0 Å². The van der Waals surface area contributed by atoms with Gasteiger partial charge < -0.3 is 16.0 Å². The topological polar surface area (TPSA) is 87.3 Å². The van der Waals surface area contributed by atoms with E-state index in [0.717, 1.165) is 31.4 Å². The van der Waals surface area contributed by atoms with Crippen molar-refractivity contribution in [2.24, 2.45) is 11.3 Å². The summed E-state index contributed by atoms with van der Waals surface area (Å²) in [6.45, 7) is 6.80. The number of nitrogens with one attached hydrogen (secondary N) is 3. The van der Waals surface area contributed by atoms with E-state index < -0.39 is 5.41 Å². The number of hydrogen-bond donors (Lipinski definition) is 3. The molecule has 170 valence electrons. The number of carbonyl (C=O) groups excluding carboxylic acids is 3. The molecule has 1 aromatic carbocycles. The van der Waals surface area contributed by atoms with E-state index >= 15 is 0 Å². The maximum absolute atomic E-state index is 12.7. The molecule has 31 heavy (non-hydrogen) atoms. The molecule has 6 nitrogen and oxygen atoms in total. The zero-order chi connectivity index (χ0) is 22.4. The highest BCUT2D eigenvalue weighted by molar-refractivity contribution is 7.99. The van der Waals surface area contributed by atoms with Crippen LogP contribution < -0.4 is 16.0 Å². The second-order valence-corrected chi connectivity index (χ2v) is 10.3. The maximum Gasteiger partial charge on any atom is 0.235 e. The highest BCUT2D eigenvalue weighted by Gasteiger charge is 2.44. The predicted octanol–water partition coefficient (Wildman–Crippen LogP) is 3.10. The van der Waals surface area contributed by atoms with E-state index in [1.54, 1.807) is 18.7 Å². The van der Waals surface area contributed by atoms with Gasteiger partial charge in [0.2, 0.25) is 17.7 Å². The van der Waals surface area contributed by atoms with Gasteiger partial charge in [-0.2, -0.15) is 0 Å². The van der Waals surface area contributed by atoms with Gasteiger partial charge in [0, 0.05) is 36.2 Å². The van der Waals surface area contributed by atoms with Crippen LogP contribution in [0.5, 0.6) is 0 Å². The second-order valence-electron chi connectivity index (χ2n) is 9.11. The quantitative estimate of drug-likeness (QED) is 0.403. The molecule has 0 spiro atoms. The lowest BCUT2D eigenvalue weighted by atomic mass is 9.87. The first kappa shape index (κ1) is 23.6. The summed E-state index contributed by atoms with van der Waals surface area (Å²) < 4.78 is 0. The van der Waals surface area contributed by atoms with E-state index in [1.807, 2.05) is 0 Å². The van der Waals surface area contributed by atoms with Crippen molar-refractivity contribution in [2.45, 2.75) is 70.2 Å². The average Bonchev–Trinajstić information content (AvgIpc) is 3.38. The number of carbonyl (C=O) groups is 3. The molecule has 2 unspecified atom stereocenters. The van der Waals surface area contributed by atoms with Crippen molar-refractivity contribution in [3.05, 3.63) is 29.3 Å². The van der Waals surface area contributed by atoms with Gasteiger partial charge in [-0.25, -0.2) is 0 Å². The molecule has 0 radical (unpaired) electrons. The maximum atomic E-state index is 12.7. The van der Waals surface area contributed by atoms with Gasteiger partial charge in [-0.05, 0) is 69.2 Å². The molecule has 1 saturated carbocycles. The molecule has 1 aliphatic heterocycles. The van der Waals surface area contributed by atoms with Crippen LogP contribution >= 0.6 is 11.8 Å². The van der Waals surface area contributed by atoms with Gasteiger partial charge in [-0.15, -0.1) is 11.8 Å². The van der Waals surface area contributed by atoms with Crippen LogP contribution in [0.25, 0.3) is 0 Å². The third-order valence-corrected chi connectivity index (χ3v) is 7.78. The van der Waals surface area contributed by atoms with E-state index in [-0.39, 0.29) is 23.8 Å². The molecule has 0 aromatic heterocycles. The summed E-state index contributed by atoms with van der Waals surface area (Å²) in [5.41, 5.74) is 1.52. The second kappa shape index (κ2) is 10.5. The fraction of sp³-hybridized carbons (Fsp3) is 0.625. The summed E-state index contributed by atoms with van der Waals surface area (Å²) in [6, 6.07) is 6.29. The number of benzene rings is 1. The van der Waals surface area contributed by atoms with Crippen molar-refractivity contribution < 1.29 is 14.4 Å². The van der Waals surface area contributed by atoms with E-state index in [9.17, 15) is 14.4 Å². The molecule has 1 heterocycles. The lowest BCUT2D eigenvalue weighted by Crippen LogP contribution is -2.51. The smallest absolute Gasteiger partial charge is 0.235 e. The van der Waals surface area contributed by atoms with Crippen LogP contribution in [-0.2, 0) is 14.4 Å². The lowest BCUT2D eigenvalue weighted by Gasteiger charge is -2.27. The molecule has 7 heteroatoms. The van der Waals surface area contributed by atoms with Gasteiger partial charge in [0.1, 0.15) is 5.41 Å². The Kier molecular flexibility index (Phi) is 8.03. The van der Waals surface area contributed by atoms with Crippen molar-refractivity contribution in [2.75, 3.05) is 18.8 Å². The Morgan fingerprint density at radius 3 is 2.61 bits per heavy atom. The van der Waals surface area contributed by atoms with Crippen LogP contribution in [0.4, 0.5) is 0 Å². The Balaban J connectivity index is 1.50. The molecule has 3 N–H and O–H groups in total. The average molecular weight is 446 g/mol. The number of aryl methyl sites for hydroxylation is 2. The van der Waals surface area contributed by atoms with E-state index in [4.69, 9.17) is 0 Å². The zero-order valence-corrected chi connectivity index (χ0v) is 19.7. The van der Waals surface area contributed by atoms with Crippen LogP contribution in [0.15, 0.2) is 23.1 Å². The number of thioether (sulfide) groups is 1. The monoisotopic (exact) mass is 445 g/mol. The highest BCUT2D eigenvalue weighted by Crippen LogP contribution is 2.29. The van der Waals surface area contributed by atoms with Gasteiger partial charge in [0.05, 0.1) is 0 Å². The van der Waals surface area contributed by atoms with Crippen LogP contribution in [0.3, 0.4) is 0 Å². The van der Waals surface area contributed by atoms with Crippen molar-refractivity contribution in [3.8, 4) is 0 Å². The minimum absolute atomic E-state index is 0.0207. The Morgan fingerprint density at radius 1 is 1.23 bits per heavy atom. The molecule has 3 rings (SSSR count). The normalized spacial score (nSPS) is 22.2. The number of hydrogen-bond acceptors (Lipinski definition) is 4. The first-order chi connectivity index (χ1) is 14.8. The zero-order valence-electron chi connectivity index (χ0n) is 18.9. The van der Waals surface area contributed by atoms with Gasteiger partial charge in [0.15, 0.2) is 0 Å². The van der Waals surface area contributed by atoms with Crippen LogP contribution in [-0.4, -0.2) is 42.6 Å². The third kappa shape index (κ3) is 6.03. The summed E-state index contributed by atoms with van der Waals surface area (Å²) in [6.07, 6.45) is 5.40. The first-order valence-corrected chi connectivity index (χ1v) is 12.3. The summed E-state index contributed by atoms with van der Waals surface area (Å²) in [5.74, 6) is 0.657. The van der Waals surface area contributed by atoms with Gasteiger partial charge >= 0.3 is 0 Å². The minimum Gasteiger partial charge on any atom is -0.355 e. The molecular weight excluding hydrogens is 410 g/mol. The van der Waals surface area contributed by atoms with Crippen molar-refractivity contribution in [3.63, 3.8) is 0 Å². The van der Waals surface area contributed by atoms with Crippen LogP contribution in [0.2, 0.25) is 0 Å². The fourth-order valence-electron chi connectivity index (χ4n) is 4.39. The molecule has 0 bridgehead atoms. The van der Waals surface area contributed by atoms with Crippen molar-refractivity contribution >= 4 is 29.5 Å². The number of rotatable bonds is 9. The minimum atomic E-state index is -1.01. The Labute approximate surface area is 189 Å². The molecule has 2 fully saturated rings. The lowest BCUT2D eigenvalue weighted by molar-refractivity contribution is -0.140. The molecule has 1 saturated heterocycles. The van der Waals surface area contributed by atoms with E-state index in [0.29, 0.717) is 31.8 Å². The SMILES string of the molecule is Cc1ccc(SCCC(=O)NC(CNC(=O)C2(C)CCNC2=O)C2CCCC2)cc1C. The molecular formula is C24H35N3O3S. The Hall–Kier alpha value is -2.02.